The summed E-state index contributed by atoms with van der Waals surface area (Å²) in [6.45, 7) is 7.01. The first kappa shape index (κ1) is 27.5. The van der Waals surface area contributed by atoms with Crippen LogP contribution in [0.5, 0.6) is 11.6 Å². The fraction of sp³-hybridized carbons (Fsp3) is 0.516. The number of pyridine rings is 1. The monoisotopic (exact) mass is 560 g/mol. The topological polar surface area (TPSA) is 110 Å². The number of hydrogen-bond donors (Lipinski definition) is 1. The molecule has 1 atom stereocenters. The zero-order chi connectivity index (χ0) is 28.9. The number of fused-ring (bicyclic) bond motifs is 2. The fourth-order valence-electron chi connectivity index (χ4n) is 6.70. The van der Waals surface area contributed by atoms with E-state index in [0.717, 1.165) is 65.8 Å². The maximum atomic E-state index is 13.6. The van der Waals surface area contributed by atoms with E-state index in [2.05, 4.69) is 29.0 Å². The highest BCUT2D eigenvalue weighted by Gasteiger charge is 2.41. The van der Waals surface area contributed by atoms with Crippen LogP contribution in [0, 0.1) is 5.92 Å². The number of benzene rings is 1. The summed E-state index contributed by atoms with van der Waals surface area (Å²) in [5.41, 5.74) is 10.1. The van der Waals surface area contributed by atoms with Crippen LogP contribution in [0.1, 0.15) is 49.9 Å². The lowest BCUT2D eigenvalue weighted by molar-refractivity contribution is -0.0937. The highest BCUT2D eigenvalue weighted by Crippen LogP contribution is 2.43. The lowest BCUT2D eigenvalue weighted by Gasteiger charge is -2.44. The van der Waals surface area contributed by atoms with Gasteiger partial charge in [-0.15, -0.1) is 0 Å². The molecule has 10 heteroatoms. The van der Waals surface area contributed by atoms with Crippen molar-refractivity contribution in [1.29, 1.82) is 0 Å². The maximum Gasteiger partial charge on any atom is 0.254 e. The van der Waals surface area contributed by atoms with Crippen molar-refractivity contribution in [2.24, 2.45) is 11.7 Å². The highest BCUT2D eigenvalue weighted by atomic mass is 16.5. The molecule has 0 radical (unpaired) electrons. The van der Waals surface area contributed by atoms with Crippen LogP contribution < -0.4 is 15.2 Å². The van der Waals surface area contributed by atoms with Crippen LogP contribution in [0.4, 0.5) is 0 Å². The van der Waals surface area contributed by atoms with E-state index >= 15 is 0 Å². The number of ether oxygens (including phenoxy) is 3. The van der Waals surface area contributed by atoms with E-state index in [1.807, 2.05) is 29.2 Å². The summed E-state index contributed by atoms with van der Waals surface area (Å²) in [6.07, 6.45) is 3.78. The number of nitrogens with two attached hydrogens (primary N) is 1. The summed E-state index contributed by atoms with van der Waals surface area (Å²) in [5.74, 6) is 2.42. The molecule has 1 aliphatic carbocycles. The number of carbonyl (C=O) groups excluding carboxylic acids is 1. The summed E-state index contributed by atoms with van der Waals surface area (Å²) < 4.78 is 21.5. The Bertz CT molecular complexity index is 1600. The average molecular weight is 561 g/mol. The minimum atomic E-state index is -0.0982. The number of nitrogens with zero attached hydrogens (tertiary/aromatic N) is 5. The van der Waals surface area contributed by atoms with Crippen molar-refractivity contribution in [1.82, 2.24) is 24.0 Å². The van der Waals surface area contributed by atoms with Crippen molar-refractivity contribution >= 4 is 28.0 Å². The molecule has 0 unspecified atom stereocenters. The number of aromatic nitrogens is 4. The molecule has 41 heavy (non-hydrogen) atoms. The predicted octanol–water partition coefficient (Wildman–Crippen LogP) is 4.47. The third kappa shape index (κ3) is 4.82. The Morgan fingerprint density at radius 3 is 2.59 bits per heavy atom. The molecule has 1 aliphatic heterocycles. The first-order valence-electron chi connectivity index (χ1n) is 14.5. The fourth-order valence-corrected chi connectivity index (χ4v) is 6.70. The molecule has 6 rings (SSSR count). The molecule has 1 saturated carbocycles. The number of amides is 1. The second-order valence-electron chi connectivity index (χ2n) is 11.7. The minimum absolute atomic E-state index is 0.00703. The third-order valence-corrected chi connectivity index (χ3v) is 8.87. The number of rotatable bonds is 8. The Hall–Kier alpha value is -3.63. The van der Waals surface area contributed by atoms with E-state index in [-0.39, 0.29) is 17.6 Å². The van der Waals surface area contributed by atoms with Crippen LogP contribution in [-0.2, 0) is 17.8 Å². The van der Waals surface area contributed by atoms with Crippen molar-refractivity contribution in [3.63, 3.8) is 0 Å². The Labute approximate surface area is 240 Å². The molecule has 0 bridgehead atoms. The van der Waals surface area contributed by atoms with Gasteiger partial charge in [0.05, 0.1) is 31.0 Å². The molecule has 0 spiro atoms. The second-order valence-corrected chi connectivity index (χ2v) is 11.7. The summed E-state index contributed by atoms with van der Waals surface area (Å²) in [7, 11) is 5.07. The molecule has 218 valence electrons. The minimum Gasteiger partial charge on any atom is -0.494 e. The van der Waals surface area contributed by atoms with E-state index in [9.17, 15) is 4.79 Å². The van der Waals surface area contributed by atoms with Crippen molar-refractivity contribution in [3.8, 4) is 23.1 Å². The van der Waals surface area contributed by atoms with Crippen LogP contribution >= 0.6 is 0 Å². The Balaban J connectivity index is 1.51. The van der Waals surface area contributed by atoms with Gasteiger partial charge in [-0.2, -0.15) is 4.98 Å². The molecule has 10 nitrogen and oxygen atoms in total. The second kappa shape index (κ2) is 10.6. The molecule has 2 aliphatic rings. The number of carbonyl (C=O) groups is 1. The third-order valence-electron chi connectivity index (χ3n) is 8.87. The largest absolute Gasteiger partial charge is 0.494 e. The van der Waals surface area contributed by atoms with Gasteiger partial charge in [-0.1, -0.05) is 0 Å². The van der Waals surface area contributed by atoms with Gasteiger partial charge < -0.3 is 34.0 Å². The molecular formula is C31H40N6O4. The van der Waals surface area contributed by atoms with Gasteiger partial charge >= 0.3 is 0 Å². The van der Waals surface area contributed by atoms with Gasteiger partial charge in [-0.3, -0.25) is 4.79 Å². The van der Waals surface area contributed by atoms with Gasteiger partial charge in [0, 0.05) is 56.3 Å². The molecule has 2 N–H and O–H groups in total. The molecule has 1 aromatic carbocycles. The normalized spacial score (nSPS) is 22.7. The van der Waals surface area contributed by atoms with Crippen LogP contribution in [0.25, 0.3) is 33.6 Å². The van der Waals surface area contributed by atoms with Crippen molar-refractivity contribution in [3.05, 3.63) is 35.9 Å². The van der Waals surface area contributed by atoms with E-state index in [1.54, 1.807) is 21.3 Å². The number of hydrogen-bond acceptors (Lipinski definition) is 7. The predicted molar refractivity (Wildman–Crippen MR) is 158 cm³/mol. The number of likely N-dealkylation sites (tertiary alicyclic amines) is 1. The van der Waals surface area contributed by atoms with Crippen molar-refractivity contribution in [2.75, 3.05) is 34.4 Å². The summed E-state index contributed by atoms with van der Waals surface area (Å²) in [5, 5.41) is 1.01. The van der Waals surface area contributed by atoms with Gasteiger partial charge in [0.25, 0.3) is 5.91 Å². The first-order valence-corrected chi connectivity index (χ1v) is 14.5. The Morgan fingerprint density at radius 1 is 1.10 bits per heavy atom. The quantitative estimate of drug-likeness (QED) is 0.339. The number of piperidine rings is 1. The standard InChI is InChI=1S/C31H40N6O4/c1-6-36-24(13-20-9-10-26(40-4)34-28(20)36)29-33-23-12-21(30(38)35-11-7-8-22(32)18-35)14-25(39-3)27(23)37(29)17-19-15-31(2,16-19)41-5/h9-10,12-14,19,22H,6-8,11,15-18,32H2,1-5H3/t19?,22-,31?/m1/s1. The molecule has 4 aromatic rings. The molecular weight excluding hydrogens is 520 g/mol. The average Bonchev–Trinajstić information content (AvgIpc) is 3.52. The Morgan fingerprint density at radius 2 is 1.90 bits per heavy atom. The molecule has 3 aromatic heterocycles. The Kier molecular flexibility index (Phi) is 7.15. The first-order chi connectivity index (χ1) is 19.8. The van der Waals surface area contributed by atoms with Gasteiger partial charge in [0.1, 0.15) is 16.9 Å². The number of imidazole rings is 1. The van der Waals surface area contributed by atoms with Gasteiger partial charge in [-0.25, -0.2) is 4.98 Å². The summed E-state index contributed by atoms with van der Waals surface area (Å²) in [6, 6.07) is 9.81. The number of aryl methyl sites for hydroxylation is 1. The van der Waals surface area contributed by atoms with E-state index in [1.165, 1.54) is 0 Å². The SMILES string of the molecule is CCn1c(-c2nc3cc(C(=O)N4CCC[C@@H](N)C4)cc(OC)c3n2CC2CC(C)(OC)C2)cc2ccc(OC)nc21. The smallest absolute Gasteiger partial charge is 0.254 e. The molecule has 2 fully saturated rings. The zero-order valence-corrected chi connectivity index (χ0v) is 24.6. The van der Waals surface area contributed by atoms with Gasteiger partial charge in [-0.05, 0) is 69.7 Å². The van der Waals surface area contributed by atoms with Crippen LogP contribution in [-0.4, -0.2) is 76.0 Å². The molecule has 1 amide bonds. The van der Waals surface area contributed by atoms with Crippen molar-refractivity contribution < 1.29 is 19.0 Å². The summed E-state index contributed by atoms with van der Waals surface area (Å²) in [4.78, 5) is 25.4. The van der Waals surface area contributed by atoms with Crippen molar-refractivity contribution in [2.45, 2.75) is 64.3 Å². The highest BCUT2D eigenvalue weighted by molar-refractivity contribution is 6.00. The lowest BCUT2D eigenvalue weighted by atomic mass is 9.72. The van der Waals surface area contributed by atoms with E-state index in [0.29, 0.717) is 42.7 Å². The molecule has 4 heterocycles. The van der Waals surface area contributed by atoms with E-state index < -0.39 is 0 Å². The van der Waals surface area contributed by atoms with Crippen LogP contribution in [0.2, 0.25) is 0 Å². The van der Waals surface area contributed by atoms with Gasteiger partial charge in [0.2, 0.25) is 5.88 Å². The van der Waals surface area contributed by atoms with Gasteiger partial charge in [0.15, 0.2) is 5.82 Å². The van der Waals surface area contributed by atoms with E-state index in [4.69, 9.17) is 29.9 Å². The zero-order valence-electron chi connectivity index (χ0n) is 24.6. The van der Waals surface area contributed by atoms with Crippen LogP contribution in [0.15, 0.2) is 30.3 Å². The number of methoxy groups -OCH3 is 3. The molecule has 1 saturated heterocycles. The lowest BCUT2D eigenvalue weighted by Crippen LogP contribution is -2.45. The summed E-state index contributed by atoms with van der Waals surface area (Å²) >= 11 is 0. The maximum absolute atomic E-state index is 13.6. The van der Waals surface area contributed by atoms with Crippen LogP contribution in [0.3, 0.4) is 0 Å².